The Morgan fingerprint density at radius 1 is 1.23 bits per heavy atom. The van der Waals surface area contributed by atoms with Crippen LogP contribution in [0.25, 0.3) is 6.08 Å². The van der Waals surface area contributed by atoms with Crippen LogP contribution in [-0.2, 0) is 4.79 Å². The van der Waals surface area contributed by atoms with Crippen LogP contribution in [0, 0.1) is 0 Å². The van der Waals surface area contributed by atoms with E-state index in [2.05, 4.69) is 19.9 Å². The van der Waals surface area contributed by atoms with Gasteiger partial charge in [0.25, 0.3) is 0 Å². The predicted molar refractivity (Wildman–Crippen MR) is 55.6 cm³/mol. The molecule has 1 aromatic carbocycles. The molecular formula is C12H14O. The van der Waals surface area contributed by atoms with E-state index in [1.54, 1.807) is 0 Å². The third kappa shape index (κ3) is 2.55. The monoisotopic (exact) mass is 174 g/mol. The Balaban J connectivity index is 3.04. The first-order valence-electron chi connectivity index (χ1n) is 4.46. The molecule has 0 N–H and O–H groups in total. The molecule has 0 aliphatic carbocycles. The molecule has 0 unspecified atom stereocenters. The molecule has 0 saturated carbocycles. The van der Waals surface area contributed by atoms with E-state index in [1.165, 1.54) is 11.6 Å². The van der Waals surface area contributed by atoms with Crippen molar-refractivity contribution in [3.63, 3.8) is 0 Å². The lowest BCUT2D eigenvalue weighted by Gasteiger charge is -2.08. The molecule has 13 heavy (non-hydrogen) atoms. The molecule has 0 fully saturated rings. The predicted octanol–water partition coefficient (Wildman–Crippen LogP) is 3.02. The molecular weight excluding hydrogens is 160 g/mol. The highest BCUT2D eigenvalue weighted by atomic mass is 16.1. The molecule has 0 saturated heterocycles. The van der Waals surface area contributed by atoms with Crippen molar-refractivity contribution >= 4 is 12.4 Å². The molecule has 0 amide bonds. The second-order valence-electron chi connectivity index (χ2n) is 3.28. The van der Waals surface area contributed by atoms with Crippen molar-refractivity contribution in [2.24, 2.45) is 0 Å². The van der Waals surface area contributed by atoms with E-state index in [0.717, 1.165) is 11.8 Å². The summed E-state index contributed by atoms with van der Waals surface area (Å²) in [4.78, 5) is 10.2. The molecule has 0 radical (unpaired) electrons. The average molecular weight is 174 g/mol. The van der Waals surface area contributed by atoms with Gasteiger partial charge in [-0.1, -0.05) is 44.2 Å². The van der Waals surface area contributed by atoms with Gasteiger partial charge in [0.2, 0.25) is 0 Å². The van der Waals surface area contributed by atoms with Crippen molar-refractivity contribution in [1.82, 2.24) is 0 Å². The van der Waals surface area contributed by atoms with Gasteiger partial charge < -0.3 is 0 Å². The Labute approximate surface area is 79.1 Å². The van der Waals surface area contributed by atoms with E-state index in [1.807, 2.05) is 24.3 Å². The fraction of sp³-hybridized carbons (Fsp3) is 0.250. The van der Waals surface area contributed by atoms with Gasteiger partial charge in [-0.05, 0) is 23.1 Å². The number of hydrogen-bond donors (Lipinski definition) is 0. The van der Waals surface area contributed by atoms with Gasteiger partial charge >= 0.3 is 0 Å². The summed E-state index contributed by atoms with van der Waals surface area (Å²) in [7, 11) is 0. The second-order valence-corrected chi connectivity index (χ2v) is 3.28. The highest BCUT2D eigenvalue weighted by Crippen LogP contribution is 2.19. The van der Waals surface area contributed by atoms with Gasteiger partial charge in [-0.15, -0.1) is 0 Å². The minimum Gasteiger partial charge on any atom is -0.299 e. The number of carbonyl (C=O) groups excluding carboxylic acids is 1. The van der Waals surface area contributed by atoms with Crippen LogP contribution >= 0.6 is 0 Å². The molecule has 68 valence electrons. The van der Waals surface area contributed by atoms with E-state index in [9.17, 15) is 4.79 Å². The SMILES string of the molecule is CC(C)c1ccccc1/C=C/C=O. The maximum absolute atomic E-state index is 10.2. The zero-order chi connectivity index (χ0) is 9.68. The summed E-state index contributed by atoms with van der Waals surface area (Å²) < 4.78 is 0. The molecule has 0 heterocycles. The van der Waals surface area contributed by atoms with Gasteiger partial charge in [-0.2, -0.15) is 0 Å². The largest absolute Gasteiger partial charge is 0.299 e. The Kier molecular flexibility index (Phi) is 3.44. The number of rotatable bonds is 3. The Hall–Kier alpha value is -1.37. The van der Waals surface area contributed by atoms with E-state index in [4.69, 9.17) is 0 Å². The number of aldehydes is 1. The first-order valence-corrected chi connectivity index (χ1v) is 4.46. The van der Waals surface area contributed by atoms with Gasteiger partial charge in [0, 0.05) is 0 Å². The Bertz CT molecular complexity index is 311. The van der Waals surface area contributed by atoms with Crippen LogP contribution in [0.4, 0.5) is 0 Å². The summed E-state index contributed by atoms with van der Waals surface area (Å²) in [6.07, 6.45) is 4.18. The van der Waals surface area contributed by atoms with E-state index in [0.29, 0.717) is 5.92 Å². The molecule has 0 aromatic heterocycles. The fourth-order valence-electron chi connectivity index (χ4n) is 1.33. The van der Waals surface area contributed by atoms with Crippen LogP contribution < -0.4 is 0 Å². The zero-order valence-electron chi connectivity index (χ0n) is 8.03. The van der Waals surface area contributed by atoms with Gasteiger partial charge in [0.15, 0.2) is 0 Å². The van der Waals surface area contributed by atoms with Crippen molar-refractivity contribution in [1.29, 1.82) is 0 Å². The number of carbonyl (C=O) groups is 1. The van der Waals surface area contributed by atoms with Gasteiger partial charge in [-0.25, -0.2) is 0 Å². The van der Waals surface area contributed by atoms with Crippen molar-refractivity contribution in [3.8, 4) is 0 Å². The van der Waals surface area contributed by atoms with Crippen LogP contribution in [-0.4, -0.2) is 6.29 Å². The van der Waals surface area contributed by atoms with Crippen LogP contribution in [0.3, 0.4) is 0 Å². The smallest absolute Gasteiger partial charge is 0.142 e. The normalized spacial score (nSPS) is 11.0. The molecule has 1 heteroatoms. The average Bonchev–Trinajstić information content (AvgIpc) is 2.15. The molecule has 0 aliphatic heterocycles. The topological polar surface area (TPSA) is 17.1 Å². The Morgan fingerprint density at radius 3 is 2.54 bits per heavy atom. The van der Waals surface area contributed by atoms with Crippen molar-refractivity contribution in [2.45, 2.75) is 19.8 Å². The lowest BCUT2D eigenvalue weighted by Crippen LogP contribution is -1.90. The molecule has 1 aromatic rings. The molecule has 0 aliphatic rings. The first kappa shape index (κ1) is 9.72. The summed E-state index contributed by atoms with van der Waals surface area (Å²) in [5.41, 5.74) is 2.41. The van der Waals surface area contributed by atoms with Crippen LogP contribution in [0.1, 0.15) is 30.9 Å². The summed E-state index contributed by atoms with van der Waals surface area (Å²) in [6, 6.07) is 8.12. The number of hydrogen-bond acceptors (Lipinski definition) is 1. The third-order valence-electron chi connectivity index (χ3n) is 1.97. The Morgan fingerprint density at radius 2 is 1.92 bits per heavy atom. The summed E-state index contributed by atoms with van der Waals surface area (Å²) in [5.74, 6) is 0.493. The summed E-state index contributed by atoms with van der Waals surface area (Å²) in [5, 5.41) is 0. The van der Waals surface area contributed by atoms with Crippen LogP contribution in [0.15, 0.2) is 30.3 Å². The van der Waals surface area contributed by atoms with Gasteiger partial charge in [0.1, 0.15) is 6.29 Å². The minimum atomic E-state index is 0.493. The highest BCUT2D eigenvalue weighted by molar-refractivity contribution is 5.74. The maximum Gasteiger partial charge on any atom is 0.142 e. The van der Waals surface area contributed by atoms with Gasteiger partial charge in [-0.3, -0.25) is 4.79 Å². The van der Waals surface area contributed by atoms with E-state index >= 15 is 0 Å². The quantitative estimate of drug-likeness (QED) is 0.508. The molecule has 1 nitrogen and oxygen atoms in total. The van der Waals surface area contributed by atoms with Crippen molar-refractivity contribution < 1.29 is 4.79 Å². The molecule has 0 spiro atoms. The van der Waals surface area contributed by atoms with E-state index in [-0.39, 0.29) is 0 Å². The van der Waals surface area contributed by atoms with Crippen molar-refractivity contribution in [2.75, 3.05) is 0 Å². The molecule has 0 bridgehead atoms. The zero-order valence-corrected chi connectivity index (χ0v) is 8.03. The number of benzene rings is 1. The minimum absolute atomic E-state index is 0.493. The second kappa shape index (κ2) is 4.61. The fourth-order valence-corrected chi connectivity index (χ4v) is 1.33. The standard InChI is InChI=1S/C12H14O/c1-10(2)12-8-4-3-6-11(12)7-5-9-13/h3-10H,1-2H3/b7-5+. The maximum atomic E-state index is 10.2. The molecule has 0 atom stereocenters. The lowest BCUT2D eigenvalue weighted by atomic mass is 9.97. The van der Waals surface area contributed by atoms with E-state index < -0.39 is 0 Å². The van der Waals surface area contributed by atoms with Crippen LogP contribution in [0.2, 0.25) is 0 Å². The number of allylic oxidation sites excluding steroid dienone is 1. The third-order valence-corrected chi connectivity index (χ3v) is 1.97. The van der Waals surface area contributed by atoms with Crippen molar-refractivity contribution in [3.05, 3.63) is 41.5 Å². The molecule has 1 rings (SSSR count). The van der Waals surface area contributed by atoms with Crippen LogP contribution in [0.5, 0.6) is 0 Å². The highest BCUT2D eigenvalue weighted by Gasteiger charge is 2.01. The summed E-state index contributed by atoms with van der Waals surface area (Å²) in [6.45, 7) is 4.29. The lowest BCUT2D eigenvalue weighted by molar-refractivity contribution is -0.104. The first-order chi connectivity index (χ1) is 6.25. The van der Waals surface area contributed by atoms with Gasteiger partial charge in [0.05, 0.1) is 0 Å². The summed E-state index contributed by atoms with van der Waals surface area (Å²) >= 11 is 0.